The second kappa shape index (κ2) is 14.2. The van der Waals surface area contributed by atoms with Crippen LogP contribution in [0, 0.1) is 18.3 Å². The highest BCUT2D eigenvalue weighted by atomic mass is 16.6. The van der Waals surface area contributed by atoms with Gasteiger partial charge in [0, 0.05) is 17.8 Å². The number of carbonyl (C=O) groups is 3. The SMILES string of the molecule is C#Cc1ccccc1C(C(=O)Nc1ccc(OC)cc1)N(CCC)C(=O)C(NC(=O)OC(C)(C)C)C(C)CC. The molecule has 0 saturated carbocycles. The number of hydrogen-bond acceptors (Lipinski definition) is 5. The molecule has 8 heteroatoms. The van der Waals surface area contributed by atoms with E-state index < -0.39 is 35.6 Å². The largest absolute Gasteiger partial charge is 0.497 e. The highest BCUT2D eigenvalue weighted by Gasteiger charge is 2.38. The van der Waals surface area contributed by atoms with Crippen molar-refractivity contribution < 1.29 is 23.9 Å². The maximum absolute atomic E-state index is 14.2. The molecule has 210 valence electrons. The van der Waals surface area contributed by atoms with Crippen molar-refractivity contribution >= 4 is 23.6 Å². The van der Waals surface area contributed by atoms with E-state index in [2.05, 4.69) is 16.6 Å². The Bertz CT molecular complexity index is 1160. The van der Waals surface area contributed by atoms with Gasteiger partial charge in [-0.1, -0.05) is 51.3 Å². The van der Waals surface area contributed by atoms with Crippen LogP contribution in [0.1, 0.15) is 71.6 Å². The molecule has 0 fully saturated rings. The van der Waals surface area contributed by atoms with E-state index in [1.54, 1.807) is 76.4 Å². The first-order chi connectivity index (χ1) is 18.4. The molecule has 3 unspecified atom stereocenters. The third kappa shape index (κ3) is 8.78. The second-order valence-electron chi connectivity index (χ2n) is 10.4. The minimum absolute atomic E-state index is 0.224. The predicted molar refractivity (Wildman–Crippen MR) is 153 cm³/mol. The van der Waals surface area contributed by atoms with Crippen LogP contribution in [0.15, 0.2) is 48.5 Å². The molecule has 0 aliphatic carbocycles. The van der Waals surface area contributed by atoms with Crippen LogP contribution in [0.3, 0.4) is 0 Å². The molecule has 2 aromatic rings. The standard InChI is InChI=1S/C31H41N3O5/c1-9-20-34(29(36)26(21(4)10-2)33-30(37)39-31(5,6)7)27(25-15-13-12-14-22(25)11-3)28(35)32-23-16-18-24(38-8)19-17-23/h3,12-19,21,26-27H,9-10,20H2,1-2,4-8H3,(H,32,35)(H,33,37). The number of rotatable bonds is 11. The van der Waals surface area contributed by atoms with Crippen LogP contribution in [-0.2, 0) is 14.3 Å². The molecule has 39 heavy (non-hydrogen) atoms. The molecule has 2 aromatic carbocycles. The van der Waals surface area contributed by atoms with E-state index in [0.717, 1.165) is 0 Å². The lowest BCUT2D eigenvalue weighted by Gasteiger charge is -2.36. The number of alkyl carbamates (subject to hydrolysis) is 1. The molecule has 0 radical (unpaired) electrons. The Hall–Kier alpha value is -3.99. The Labute approximate surface area is 232 Å². The lowest BCUT2D eigenvalue weighted by Crippen LogP contribution is -2.55. The molecule has 0 aliphatic rings. The first-order valence-corrected chi connectivity index (χ1v) is 13.3. The van der Waals surface area contributed by atoms with E-state index in [-0.39, 0.29) is 12.5 Å². The summed E-state index contributed by atoms with van der Waals surface area (Å²) in [6.45, 7) is 11.3. The smallest absolute Gasteiger partial charge is 0.408 e. The van der Waals surface area contributed by atoms with Gasteiger partial charge in [-0.15, -0.1) is 6.42 Å². The first kappa shape index (κ1) is 31.2. The fourth-order valence-corrected chi connectivity index (χ4v) is 4.11. The molecular weight excluding hydrogens is 494 g/mol. The number of methoxy groups -OCH3 is 1. The van der Waals surface area contributed by atoms with Crippen molar-refractivity contribution in [2.24, 2.45) is 5.92 Å². The van der Waals surface area contributed by atoms with Crippen LogP contribution in [-0.4, -0.2) is 48.1 Å². The fourth-order valence-electron chi connectivity index (χ4n) is 4.11. The van der Waals surface area contributed by atoms with Gasteiger partial charge < -0.3 is 25.0 Å². The normalized spacial score (nSPS) is 13.3. The summed E-state index contributed by atoms with van der Waals surface area (Å²) in [6.07, 6.45) is 6.31. The zero-order valence-electron chi connectivity index (χ0n) is 24.0. The molecule has 3 atom stereocenters. The van der Waals surface area contributed by atoms with Crippen molar-refractivity contribution in [3.63, 3.8) is 0 Å². The van der Waals surface area contributed by atoms with Gasteiger partial charge in [0.05, 0.1) is 7.11 Å². The molecule has 0 aromatic heterocycles. The Morgan fingerprint density at radius 1 is 1.05 bits per heavy atom. The summed E-state index contributed by atoms with van der Waals surface area (Å²) in [7, 11) is 1.56. The van der Waals surface area contributed by atoms with Crippen molar-refractivity contribution in [1.29, 1.82) is 0 Å². The lowest BCUT2D eigenvalue weighted by atomic mass is 9.94. The Balaban J connectivity index is 2.56. The molecule has 2 N–H and O–H groups in total. The zero-order chi connectivity index (χ0) is 29.2. The summed E-state index contributed by atoms with van der Waals surface area (Å²) in [4.78, 5) is 42.3. The number of benzene rings is 2. The maximum atomic E-state index is 14.2. The third-order valence-corrected chi connectivity index (χ3v) is 6.23. The maximum Gasteiger partial charge on any atom is 0.408 e. The summed E-state index contributed by atoms with van der Waals surface area (Å²) in [5.74, 6) is 2.25. The van der Waals surface area contributed by atoms with Crippen LogP contribution in [0.4, 0.5) is 10.5 Å². The zero-order valence-corrected chi connectivity index (χ0v) is 24.0. The van der Waals surface area contributed by atoms with Crippen LogP contribution >= 0.6 is 0 Å². The monoisotopic (exact) mass is 535 g/mol. The highest BCUT2D eigenvalue weighted by molar-refractivity contribution is 5.99. The van der Waals surface area contributed by atoms with Gasteiger partial charge in [-0.05, 0) is 69.0 Å². The lowest BCUT2D eigenvalue weighted by molar-refractivity contribution is -0.141. The number of amides is 3. The van der Waals surface area contributed by atoms with Gasteiger partial charge in [-0.25, -0.2) is 4.79 Å². The van der Waals surface area contributed by atoms with E-state index in [9.17, 15) is 14.4 Å². The molecule has 0 saturated heterocycles. The van der Waals surface area contributed by atoms with Crippen LogP contribution in [0.5, 0.6) is 5.75 Å². The van der Waals surface area contributed by atoms with Crippen LogP contribution < -0.4 is 15.4 Å². The minimum atomic E-state index is -1.04. The first-order valence-electron chi connectivity index (χ1n) is 13.3. The van der Waals surface area contributed by atoms with Crippen molar-refractivity contribution in [2.45, 2.75) is 72.1 Å². The van der Waals surface area contributed by atoms with Crippen LogP contribution in [0.2, 0.25) is 0 Å². The average Bonchev–Trinajstić information content (AvgIpc) is 2.90. The van der Waals surface area contributed by atoms with Gasteiger partial charge in [-0.2, -0.15) is 0 Å². The van der Waals surface area contributed by atoms with Gasteiger partial charge >= 0.3 is 6.09 Å². The van der Waals surface area contributed by atoms with Crippen LogP contribution in [0.25, 0.3) is 0 Å². The van der Waals surface area contributed by atoms with Crippen molar-refractivity contribution in [2.75, 3.05) is 19.0 Å². The number of nitrogens with one attached hydrogen (secondary N) is 2. The third-order valence-electron chi connectivity index (χ3n) is 6.23. The number of hydrogen-bond donors (Lipinski definition) is 2. The molecule has 8 nitrogen and oxygen atoms in total. The number of nitrogens with zero attached hydrogens (tertiary/aromatic N) is 1. The average molecular weight is 536 g/mol. The van der Waals surface area contributed by atoms with E-state index >= 15 is 0 Å². The summed E-state index contributed by atoms with van der Waals surface area (Å²) >= 11 is 0. The summed E-state index contributed by atoms with van der Waals surface area (Å²) in [6, 6.07) is 12.0. The summed E-state index contributed by atoms with van der Waals surface area (Å²) < 4.78 is 10.7. The van der Waals surface area contributed by atoms with Crippen molar-refractivity contribution in [3.05, 3.63) is 59.7 Å². The fraction of sp³-hybridized carbons (Fsp3) is 0.452. The Morgan fingerprint density at radius 2 is 1.69 bits per heavy atom. The van der Waals surface area contributed by atoms with E-state index in [0.29, 0.717) is 35.4 Å². The number of anilines is 1. The van der Waals surface area contributed by atoms with Gasteiger partial charge in [0.1, 0.15) is 23.4 Å². The molecule has 0 spiro atoms. The van der Waals surface area contributed by atoms with Crippen molar-refractivity contribution in [1.82, 2.24) is 10.2 Å². The van der Waals surface area contributed by atoms with Crippen molar-refractivity contribution in [3.8, 4) is 18.1 Å². The molecule has 3 amide bonds. The summed E-state index contributed by atoms with van der Waals surface area (Å²) in [5.41, 5.74) is 0.829. The Kier molecular flexibility index (Phi) is 11.4. The quantitative estimate of drug-likeness (QED) is 0.369. The highest BCUT2D eigenvalue weighted by Crippen LogP contribution is 2.29. The van der Waals surface area contributed by atoms with Gasteiger partial charge in [0.2, 0.25) is 5.91 Å². The molecule has 0 bridgehead atoms. The number of terminal acetylenes is 1. The predicted octanol–water partition coefficient (Wildman–Crippen LogP) is 5.53. The van der Waals surface area contributed by atoms with E-state index in [4.69, 9.17) is 15.9 Å². The minimum Gasteiger partial charge on any atom is -0.497 e. The number of ether oxygens (including phenoxy) is 2. The molecule has 0 heterocycles. The number of carbonyl (C=O) groups excluding carboxylic acids is 3. The molecule has 2 rings (SSSR count). The molecular formula is C31H41N3O5. The summed E-state index contributed by atoms with van der Waals surface area (Å²) in [5, 5.41) is 5.68. The topological polar surface area (TPSA) is 97.0 Å². The van der Waals surface area contributed by atoms with E-state index in [1.165, 1.54) is 4.90 Å². The Morgan fingerprint density at radius 3 is 2.23 bits per heavy atom. The molecule has 0 aliphatic heterocycles. The van der Waals surface area contributed by atoms with Gasteiger partial charge in [0.25, 0.3) is 5.91 Å². The van der Waals surface area contributed by atoms with E-state index in [1.807, 2.05) is 20.8 Å². The van der Waals surface area contributed by atoms with Gasteiger partial charge in [0.15, 0.2) is 0 Å². The second-order valence-corrected chi connectivity index (χ2v) is 10.4. The van der Waals surface area contributed by atoms with Gasteiger partial charge in [-0.3, -0.25) is 9.59 Å².